The molecule has 2 saturated heterocycles. The van der Waals surface area contributed by atoms with E-state index in [1.54, 1.807) is 0 Å². The molecule has 0 unspecified atom stereocenters. The molecule has 0 radical (unpaired) electrons. The summed E-state index contributed by atoms with van der Waals surface area (Å²) in [7, 11) is 1.99. The highest BCUT2D eigenvalue weighted by molar-refractivity contribution is 5.81. The van der Waals surface area contributed by atoms with Crippen molar-refractivity contribution in [3.8, 4) is 0 Å². The highest BCUT2D eigenvalue weighted by Crippen LogP contribution is 2.36. The number of carbonyl (C=O) groups excluding carboxylic acids is 1. The van der Waals surface area contributed by atoms with Crippen LogP contribution in [0.25, 0.3) is 0 Å². The zero-order valence-corrected chi connectivity index (χ0v) is 15.3. The molecule has 2 aliphatic heterocycles. The molecule has 2 aliphatic rings. The van der Waals surface area contributed by atoms with Gasteiger partial charge in [0, 0.05) is 37.5 Å². The van der Waals surface area contributed by atoms with E-state index in [1.165, 1.54) is 11.3 Å². The molecule has 0 aliphatic carbocycles. The second kappa shape index (κ2) is 7.23. The number of hydrogen-bond donors (Lipinski definition) is 1. The maximum Gasteiger partial charge on any atom is 0.237 e. The third kappa shape index (κ3) is 3.35. The first-order chi connectivity index (χ1) is 11.5. The summed E-state index contributed by atoms with van der Waals surface area (Å²) >= 11 is 0. The smallest absolute Gasteiger partial charge is 0.237 e. The molecule has 1 aromatic heterocycles. The highest BCUT2D eigenvalue weighted by atomic mass is 16.5. The molecule has 3 heterocycles. The number of rotatable bonds is 5. The van der Waals surface area contributed by atoms with Crippen LogP contribution in [0.1, 0.15) is 55.6 Å². The van der Waals surface area contributed by atoms with Gasteiger partial charge in [0.25, 0.3) is 0 Å². The third-order valence-electron chi connectivity index (χ3n) is 5.60. The van der Waals surface area contributed by atoms with Crippen molar-refractivity contribution in [2.75, 3.05) is 19.7 Å². The van der Waals surface area contributed by atoms with Crippen LogP contribution in [-0.4, -0.2) is 52.4 Å². The van der Waals surface area contributed by atoms with Crippen LogP contribution in [0.3, 0.4) is 0 Å². The number of ether oxygens (including phenoxy) is 1. The van der Waals surface area contributed by atoms with Gasteiger partial charge in [0.15, 0.2) is 0 Å². The van der Waals surface area contributed by atoms with Crippen molar-refractivity contribution in [3.05, 3.63) is 17.0 Å². The first-order valence-electron chi connectivity index (χ1n) is 9.14. The van der Waals surface area contributed by atoms with Crippen LogP contribution >= 0.6 is 0 Å². The fraction of sp³-hybridized carbons (Fsp3) is 0.778. The molecule has 134 valence electrons. The van der Waals surface area contributed by atoms with Crippen molar-refractivity contribution in [1.29, 1.82) is 0 Å². The van der Waals surface area contributed by atoms with Gasteiger partial charge < -0.3 is 10.1 Å². The normalized spacial score (nSPS) is 26.0. The second-order valence-electron chi connectivity index (χ2n) is 7.16. The minimum Gasteiger partial charge on any atom is -0.376 e. The molecule has 6 nitrogen and oxygen atoms in total. The summed E-state index contributed by atoms with van der Waals surface area (Å²) in [5.41, 5.74) is 3.59. The van der Waals surface area contributed by atoms with E-state index < -0.39 is 0 Å². The standard InChI is InChI=1S/C18H30N4O2/c1-12-17(13(2)21(4)20-12)16-8-5-9-22(16)14(3)18(23)19-11-15-7-6-10-24-15/h14-16H,5-11H2,1-4H3,(H,19,23)/t14-,15+,16-/m0/s1. The van der Waals surface area contributed by atoms with Gasteiger partial charge in [-0.25, -0.2) is 0 Å². The molecule has 0 spiro atoms. The molecule has 3 rings (SSSR count). The maximum absolute atomic E-state index is 12.6. The van der Waals surface area contributed by atoms with Crippen LogP contribution in [0.2, 0.25) is 0 Å². The number of carbonyl (C=O) groups is 1. The Morgan fingerprint density at radius 2 is 2.17 bits per heavy atom. The number of aryl methyl sites for hydroxylation is 2. The molecule has 0 bridgehead atoms. The van der Waals surface area contributed by atoms with Crippen LogP contribution in [-0.2, 0) is 16.6 Å². The summed E-state index contributed by atoms with van der Waals surface area (Å²) < 4.78 is 7.54. The number of nitrogens with zero attached hydrogens (tertiary/aromatic N) is 3. The predicted octanol–water partition coefficient (Wildman–Crippen LogP) is 1.86. The number of nitrogens with one attached hydrogen (secondary N) is 1. The van der Waals surface area contributed by atoms with Crippen LogP contribution < -0.4 is 5.32 Å². The minimum absolute atomic E-state index is 0.108. The minimum atomic E-state index is -0.127. The summed E-state index contributed by atoms with van der Waals surface area (Å²) in [6, 6.07) is 0.167. The predicted molar refractivity (Wildman–Crippen MR) is 92.8 cm³/mol. The molecule has 0 aromatic carbocycles. The van der Waals surface area contributed by atoms with Gasteiger partial charge in [0.1, 0.15) is 0 Å². The number of aromatic nitrogens is 2. The molecule has 24 heavy (non-hydrogen) atoms. The van der Waals surface area contributed by atoms with Crippen LogP contribution in [0, 0.1) is 13.8 Å². The van der Waals surface area contributed by atoms with Gasteiger partial charge in [0.05, 0.1) is 17.8 Å². The van der Waals surface area contributed by atoms with Gasteiger partial charge >= 0.3 is 0 Å². The second-order valence-corrected chi connectivity index (χ2v) is 7.16. The fourth-order valence-corrected chi connectivity index (χ4v) is 4.15. The summed E-state index contributed by atoms with van der Waals surface area (Å²) in [6.45, 7) is 8.63. The average Bonchev–Trinajstić information content (AvgIpc) is 3.27. The van der Waals surface area contributed by atoms with Crippen molar-refractivity contribution < 1.29 is 9.53 Å². The molecular formula is C18H30N4O2. The van der Waals surface area contributed by atoms with Gasteiger partial charge in [0.2, 0.25) is 5.91 Å². The molecule has 1 N–H and O–H groups in total. The Labute approximate surface area is 144 Å². The van der Waals surface area contributed by atoms with E-state index in [0.29, 0.717) is 12.6 Å². The van der Waals surface area contributed by atoms with E-state index in [2.05, 4.69) is 29.2 Å². The molecule has 3 atom stereocenters. The topological polar surface area (TPSA) is 59.4 Å². The third-order valence-corrected chi connectivity index (χ3v) is 5.60. The van der Waals surface area contributed by atoms with Crippen LogP contribution in [0.5, 0.6) is 0 Å². The maximum atomic E-state index is 12.6. The number of likely N-dealkylation sites (tertiary alicyclic amines) is 1. The summed E-state index contributed by atoms with van der Waals surface area (Å²) in [4.78, 5) is 14.9. The first kappa shape index (κ1) is 17.4. The van der Waals surface area contributed by atoms with Crippen molar-refractivity contribution in [2.24, 2.45) is 7.05 Å². The molecule has 1 amide bonds. The Morgan fingerprint density at radius 1 is 1.38 bits per heavy atom. The fourth-order valence-electron chi connectivity index (χ4n) is 4.15. The zero-order chi connectivity index (χ0) is 17.3. The quantitative estimate of drug-likeness (QED) is 0.893. The Hall–Kier alpha value is -1.40. The van der Waals surface area contributed by atoms with Crippen LogP contribution in [0.4, 0.5) is 0 Å². The summed E-state index contributed by atoms with van der Waals surface area (Å²) in [6.07, 6.45) is 4.57. The molecule has 6 heteroatoms. The number of hydrogen-bond acceptors (Lipinski definition) is 4. The monoisotopic (exact) mass is 334 g/mol. The molecule has 2 fully saturated rings. The van der Waals surface area contributed by atoms with Crippen LogP contribution in [0.15, 0.2) is 0 Å². The average molecular weight is 334 g/mol. The van der Waals surface area contributed by atoms with E-state index in [-0.39, 0.29) is 18.1 Å². The Balaban J connectivity index is 1.66. The largest absolute Gasteiger partial charge is 0.376 e. The van der Waals surface area contributed by atoms with E-state index >= 15 is 0 Å². The zero-order valence-electron chi connectivity index (χ0n) is 15.3. The molecule has 0 saturated carbocycles. The van der Waals surface area contributed by atoms with Gasteiger partial charge in [-0.2, -0.15) is 5.10 Å². The van der Waals surface area contributed by atoms with Crippen molar-refractivity contribution in [3.63, 3.8) is 0 Å². The number of amides is 1. The van der Waals surface area contributed by atoms with Crippen molar-refractivity contribution >= 4 is 5.91 Å². The van der Waals surface area contributed by atoms with Gasteiger partial charge in [-0.1, -0.05) is 0 Å². The molecule has 1 aromatic rings. The van der Waals surface area contributed by atoms with Crippen molar-refractivity contribution in [1.82, 2.24) is 20.0 Å². The summed E-state index contributed by atoms with van der Waals surface area (Å²) in [5, 5.41) is 7.64. The lowest BCUT2D eigenvalue weighted by Crippen LogP contribution is -2.46. The Morgan fingerprint density at radius 3 is 2.79 bits per heavy atom. The van der Waals surface area contributed by atoms with Gasteiger partial charge in [-0.15, -0.1) is 0 Å². The van der Waals surface area contributed by atoms with E-state index in [1.807, 2.05) is 18.7 Å². The first-order valence-corrected chi connectivity index (χ1v) is 9.14. The lowest BCUT2D eigenvalue weighted by atomic mass is 10.0. The van der Waals surface area contributed by atoms with Gasteiger partial charge in [-0.05, 0) is 53.0 Å². The Bertz CT molecular complexity index is 592. The Kier molecular flexibility index (Phi) is 5.25. The van der Waals surface area contributed by atoms with E-state index in [0.717, 1.165) is 44.5 Å². The van der Waals surface area contributed by atoms with E-state index in [9.17, 15) is 4.79 Å². The van der Waals surface area contributed by atoms with Gasteiger partial charge in [-0.3, -0.25) is 14.4 Å². The lowest BCUT2D eigenvalue weighted by Gasteiger charge is -2.30. The molecular weight excluding hydrogens is 304 g/mol. The van der Waals surface area contributed by atoms with Crippen molar-refractivity contribution in [2.45, 2.75) is 64.6 Å². The van der Waals surface area contributed by atoms with E-state index in [4.69, 9.17) is 4.74 Å². The lowest BCUT2D eigenvalue weighted by molar-refractivity contribution is -0.126. The summed E-state index contributed by atoms with van der Waals surface area (Å²) in [5.74, 6) is 0.108. The highest BCUT2D eigenvalue weighted by Gasteiger charge is 2.35. The SMILES string of the molecule is Cc1nn(C)c(C)c1[C@@H]1CCCN1[C@@H](C)C(=O)NC[C@H]1CCCO1.